The first kappa shape index (κ1) is 43.9. The number of halogens is 26. The molecule has 0 aliphatic heterocycles. The minimum atomic E-state index is -8.09. The summed E-state index contributed by atoms with van der Waals surface area (Å²) in [5, 5.41) is 0. The molecule has 276 valence electrons. The molecular weight excluding hydrogens is 738 g/mol. The molecule has 0 saturated heterocycles. The highest BCUT2D eigenvalue weighted by atomic mass is 19.5. The van der Waals surface area contributed by atoms with Crippen molar-refractivity contribution in [3.8, 4) is 0 Å². The minimum Gasteiger partial charge on any atom is -0.300 e. The first-order valence-electron chi connectivity index (χ1n) is 11.0. The lowest BCUT2D eigenvalue weighted by Gasteiger charge is -2.45. The van der Waals surface area contributed by atoms with Gasteiger partial charge in [0.1, 0.15) is 5.78 Å². The monoisotopic (exact) mass is 750 g/mol. The SMILES string of the molecule is O=C(CCCC(F)(C(F)(F)C(F)(F)F)C(F)(C(F)(F)F)C(F)(F)F)CCCC(F)(C(F)(F)C(F)(F)F)C(F)(C(F)(F)F)C(F)(F)F. The van der Waals surface area contributed by atoms with Crippen LogP contribution in [0.1, 0.15) is 38.5 Å². The second kappa shape index (κ2) is 12.1. The zero-order valence-electron chi connectivity index (χ0n) is 21.0. The van der Waals surface area contributed by atoms with Crippen LogP contribution >= 0.6 is 0 Å². The number of carbonyl (C=O) groups excluding carboxylic acids is 1. The molecule has 0 saturated carbocycles. The summed E-state index contributed by atoms with van der Waals surface area (Å²) < 4.78 is 342. The fourth-order valence-corrected chi connectivity index (χ4v) is 3.94. The van der Waals surface area contributed by atoms with E-state index in [4.69, 9.17) is 0 Å². The Bertz CT molecular complexity index is 942. The molecular formula is C19H12F26O. The molecule has 2 atom stereocenters. The van der Waals surface area contributed by atoms with Crippen LogP contribution in [0, 0.1) is 0 Å². The van der Waals surface area contributed by atoms with E-state index in [2.05, 4.69) is 0 Å². The molecule has 0 aromatic rings. The van der Waals surface area contributed by atoms with Crippen LogP contribution in [0.5, 0.6) is 0 Å². The van der Waals surface area contributed by atoms with Crippen LogP contribution < -0.4 is 0 Å². The van der Waals surface area contributed by atoms with Crippen molar-refractivity contribution in [3.05, 3.63) is 0 Å². The number of Topliss-reactive ketones (excluding diaryl/α,β-unsaturated/α-hetero) is 1. The molecule has 0 aliphatic rings. The van der Waals surface area contributed by atoms with Gasteiger partial charge >= 0.3 is 60.2 Å². The van der Waals surface area contributed by atoms with E-state index in [0.717, 1.165) is 0 Å². The van der Waals surface area contributed by atoms with Crippen LogP contribution in [-0.2, 0) is 4.79 Å². The Morgan fingerprint density at radius 1 is 0.326 bits per heavy atom. The summed E-state index contributed by atoms with van der Waals surface area (Å²) in [5.74, 6) is -18.1. The summed E-state index contributed by atoms with van der Waals surface area (Å²) in [5.41, 5.74) is -31.1. The lowest BCUT2D eigenvalue weighted by molar-refractivity contribution is -0.430. The van der Waals surface area contributed by atoms with Crippen molar-refractivity contribution in [3.63, 3.8) is 0 Å². The van der Waals surface area contributed by atoms with Gasteiger partial charge in [-0.05, 0) is 25.7 Å². The van der Waals surface area contributed by atoms with E-state index in [9.17, 15) is 119 Å². The van der Waals surface area contributed by atoms with Gasteiger partial charge in [0.05, 0.1) is 0 Å². The molecule has 0 aromatic carbocycles. The Balaban J connectivity index is 6.51. The highest BCUT2D eigenvalue weighted by Crippen LogP contribution is 2.64. The van der Waals surface area contributed by atoms with E-state index in [-0.39, 0.29) is 0 Å². The molecule has 0 heterocycles. The van der Waals surface area contributed by atoms with E-state index in [0.29, 0.717) is 0 Å². The lowest BCUT2D eigenvalue weighted by atomic mass is 9.75. The molecule has 0 aliphatic carbocycles. The third kappa shape index (κ3) is 6.73. The molecule has 0 fully saturated rings. The first-order valence-corrected chi connectivity index (χ1v) is 11.0. The summed E-state index contributed by atoms with van der Waals surface area (Å²) in [6, 6.07) is 0. The van der Waals surface area contributed by atoms with Crippen molar-refractivity contribution in [1.82, 2.24) is 0 Å². The molecule has 46 heavy (non-hydrogen) atoms. The molecule has 0 N–H and O–H groups in total. The van der Waals surface area contributed by atoms with Gasteiger partial charge in [-0.25, -0.2) is 17.6 Å². The maximum Gasteiger partial charge on any atom is 0.456 e. The van der Waals surface area contributed by atoms with Crippen molar-refractivity contribution in [1.29, 1.82) is 0 Å². The maximum atomic E-state index is 14.7. The first-order chi connectivity index (χ1) is 19.6. The smallest absolute Gasteiger partial charge is 0.300 e. The molecule has 27 heteroatoms. The quantitative estimate of drug-likeness (QED) is 0.182. The molecule has 2 unspecified atom stereocenters. The van der Waals surface area contributed by atoms with Crippen LogP contribution in [0.2, 0.25) is 0 Å². The molecule has 0 amide bonds. The minimum absolute atomic E-state index is 2.22. The number of hydrogen-bond donors (Lipinski definition) is 0. The normalized spacial score (nSPS) is 18.3. The van der Waals surface area contributed by atoms with Gasteiger partial charge in [0, 0.05) is 12.8 Å². The van der Waals surface area contributed by atoms with Crippen molar-refractivity contribution in [2.75, 3.05) is 0 Å². The van der Waals surface area contributed by atoms with Gasteiger partial charge in [0.25, 0.3) is 0 Å². The largest absolute Gasteiger partial charge is 0.456 e. The van der Waals surface area contributed by atoms with Crippen LogP contribution in [0.4, 0.5) is 114 Å². The summed E-state index contributed by atoms with van der Waals surface area (Å²) in [6.07, 6.45) is -64.0. The van der Waals surface area contributed by atoms with Crippen LogP contribution in [-0.4, -0.2) is 77.4 Å². The predicted octanol–water partition coefficient (Wildman–Crippen LogP) is 10.4. The maximum absolute atomic E-state index is 14.7. The van der Waals surface area contributed by atoms with Gasteiger partial charge in [-0.3, -0.25) is 4.79 Å². The summed E-state index contributed by atoms with van der Waals surface area (Å²) >= 11 is 0. The van der Waals surface area contributed by atoms with Crippen molar-refractivity contribution < 1.29 is 119 Å². The lowest BCUT2D eigenvalue weighted by Crippen LogP contribution is -2.74. The Morgan fingerprint density at radius 2 is 0.522 bits per heavy atom. The predicted molar refractivity (Wildman–Crippen MR) is 94.3 cm³/mol. The number of alkyl halides is 26. The zero-order chi connectivity index (χ0) is 37.8. The Kier molecular flexibility index (Phi) is 11.5. The Labute approximate surface area is 236 Å². The summed E-state index contributed by atoms with van der Waals surface area (Å²) in [7, 11) is 0. The van der Waals surface area contributed by atoms with E-state index in [1.165, 1.54) is 0 Å². The van der Waals surface area contributed by atoms with Gasteiger partial charge < -0.3 is 0 Å². The van der Waals surface area contributed by atoms with Gasteiger partial charge in [0.15, 0.2) is 0 Å². The van der Waals surface area contributed by atoms with Gasteiger partial charge in [0.2, 0.25) is 11.3 Å². The molecule has 0 radical (unpaired) electrons. The summed E-state index contributed by atoms with van der Waals surface area (Å²) in [6.45, 7) is 0. The summed E-state index contributed by atoms with van der Waals surface area (Å²) in [4.78, 5) is 11.7. The van der Waals surface area contributed by atoms with E-state index >= 15 is 0 Å². The molecule has 0 aromatic heterocycles. The fraction of sp³-hybridized carbons (Fsp3) is 0.947. The Morgan fingerprint density at radius 3 is 0.674 bits per heavy atom. The van der Waals surface area contributed by atoms with Crippen LogP contribution in [0.3, 0.4) is 0 Å². The third-order valence-electron chi connectivity index (χ3n) is 6.32. The second-order valence-electron chi connectivity index (χ2n) is 9.30. The Hall–Kier alpha value is -2.15. The zero-order valence-corrected chi connectivity index (χ0v) is 21.0. The van der Waals surface area contributed by atoms with Gasteiger partial charge in [-0.1, -0.05) is 0 Å². The molecule has 1 nitrogen and oxygen atoms in total. The topological polar surface area (TPSA) is 17.1 Å². The third-order valence-corrected chi connectivity index (χ3v) is 6.32. The average Bonchev–Trinajstić information content (AvgIpc) is 2.77. The van der Waals surface area contributed by atoms with Crippen molar-refractivity contribution in [2.24, 2.45) is 0 Å². The average molecular weight is 750 g/mol. The van der Waals surface area contributed by atoms with Gasteiger partial charge in [-0.15, -0.1) is 0 Å². The number of hydrogen-bond acceptors (Lipinski definition) is 1. The molecule has 0 spiro atoms. The fourth-order valence-electron chi connectivity index (χ4n) is 3.94. The van der Waals surface area contributed by atoms with Gasteiger partial charge in [-0.2, -0.15) is 96.6 Å². The number of rotatable bonds is 12. The number of ketones is 1. The number of carbonyl (C=O) groups is 1. The standard InChI is InChI=1S/C19H12F26O/c20-8(12(24,25)18(40,41)42,10(22,14(28,29)30)15(31,32)33)5-1-3-7(46)4-2-6-9(21,13(26,27)19(43,44)45)11(23,16(34,35)36)17(37,38)39/h1-6H2. The van der Waals surface area contributed by atoms with Crippen molar-refractivity contribution >= 4 is 5.78 Å². The molecule has 0 bridgehead atoms. The van der Waals surface area contributed by atoms with E-state index in [1.807, 2.05) is 0 Å². The van der Waals surface area contributed by atoms with Crippen LogP contribution in [0.25, 0.3) is 0 Å². The second-order valence-corrected chi connectivity index (χ2v) is 9.30. The highest BCUT2D eigenvalue weighted by molar-refractivity contribution is 5.78. The van der Waals surface area contributed by atoms with Crippen LogP contribution in [0.15, 0.2) is 0 Å². The van der Waals surface area contributed by atoms with Crippen molar-refractivity contribution in [2.45, 2.75) is 110 Å². The highest BCUT2D eigenvalue weighted by Gasteiger charge is 2.93. The van der Waals surface area contributed by atoms with E-state index in [1.54, 1.807) is 0 Å². The van der Waals surface area contributed by atoms with E-state index < -0.39 is 116 Å². The molecule has 0 rings (SSSR count).